The zero-order chi connectivity index (χ0) is 40.9. The predicted molar refractivity (Wildman–Crippen MR) is 256 cm³/mol. The Balaban J connectivity index is 0.983. The van der Waals surface area contributed by atoms with E-state index in [0.717, 1.165) is 66.3 Å². The van der Waals surface area contributed by atoms with Gasteiger partial charge in [0.15, 0.2) is 5.82 Å². The van der Waals surface area contributed by atoms with Crippen molar-refractivity contribution in [2.75, 3.05) is 0 Å². The Bertz CT molecular complexity index is 4060. The van der Waals surface area contributed by atoms with E-state index in [-0.39, 0.29) is 0 Å². The Morgan fingerprint density at radius 1 is 0.387 bits per heavy atom. The first-order chi connectivity index (χ1) is 30.7. The van der Waals surface area contributed by atoms with Gasteiger partial charge in [-0.25, -0.2) is 9.97 Å². The van der Waals surface area contributed by atoms with Crippen molar-refractivity contribution in [1.29, 1.82) is 5.26 Å². The molecular formula is C57H33N5. The predicted octanol–water partition coefficient (Wildman–Crippen LogP) is 14.5. The molecule has 3 heterocycles. The number of nitrogens with zero attached hydrogens (tertiary/aromatic N) is 5. The number of aromatic nitrogens is 4. The fraction of sp³-hybridized carbons (Fsp3) is 0. The topological polar surface area (TPSA) is 59.4 Å². The molecule has 0 saturated carbocycles. The van der Waals surface area contributed by atoms with Gasteiger partial charge in [-0.15, -0.1) is 0 Å². The van der Waals surface area contributed by atoms with E-state index in [1.54, 1.807) is 0 Å². The molecule has 0 amide bonds. The molecule has 0 spiro atoms. The number of rotatable bonds is 4. The molecule has 0 bridgehead atoms. The summed E-state index contributed by atoms with van der Waals surface area (Å²) in [7, 11) is 0. The molecule has 62 heavy (non-hydrogen) atoms. The van der Waals surface area contributed by atoms with Crippen LogP contribution in [0.5, 0.6) is 0 Å². The lowest BCUT2D eigenvalue weighted by Gasteiger charge is -2.13. The van der Waals surface area contributed by atoms with Crippen LogP contribution >= 0.6 is 0 Å². The Labute approximate surface area is 355 Å². The van der Waals surface area contributed by atoms with E-state index in [1.807, 2.05) is 24.3 Å². The van der Waals surface area contributed by atoms with Crippen LogP contribution in [0.4, 0.5) is 0 Å². The van der Waals surface area contributed by atoms with Crippen molar-refractivity contribution in [3.05, 3.63) is 206 Å². The highest BCUT2D eigenvalue weighted by Crippen LogP contribution is 2.42. The Hall–Kier alpha value is -8.59. The second-order valence-corrected chi connectivity index (χ2v) is 16.1. The molecule has 10 aromatic carbocycles. The van der Waals surface area contributed by atoms with E-state index < -0.39 is 0 Å². The fourth-order valence-corrected chi connectivity index (χ4v) is 9.92. The maximum absolute atomic E-state index is 10.9. The third-order valence-corrected chi connectivity index (χ3v) is 12.7. The van der Waals surface area contributed by atoms with Gasteiger partial charge in [0.25, 0.3) is 0 Å². The molecule has 0 fully saturated rings. The monoisotopic (exact) mass is 787 g/mol. The standard InChI is InChI=1S/C57H33N5/c58-34-41-31-40(25-27-49(41)62-52-28-23-35-12-6-7-17-43(35)55(52)47-32-36-13-4-5-14-37(36)33-53(47)62)57-59-48-20-10-8-18-45(48)56(60-57)39-22-26-44-38(30-39)24-29-51-54(44)46-19-9-11-21-50(46)61(51)42-15-2-1-3-16-42/h1-33H. The lowest BCUT2D eigenvalue weighted by molar-refractivity contribution is 1.16. The number of nitriles is 1. The number of hydrogen-bond acceptors (Lipinski definition) is 3. The highest BCUT2D eigenvalue weighted by atomic mass is 15.0. The first kappa shape index (κ1) is 34.3. The van der Waals surface area contributed by atoms with Crippen LogP contribution in [0.3, 0.4) is 0 Å². The number of hydrogen-bond donors (Lipinski definition) is 0. The minimum Gasteiger partial charge on any atom is -0.309 e. The number of benzene rings is 10. The number of para-hydroxylation sites is 3. The first-order valence-corrected chi connectivity index (χ1v) is 20.9. The Morgan fingerprint density at radius 2 is 1.03 bits per heavy atom. The second-order valence-electron chi connectivity index (χ2n) is 16.1. The van der Waals surface area contributed by atoms with E-state index in [0.29, 0.717) is 11.4 Å². The van der Waals surface area contributed by atoms with Crippen LogP contribution in [0, 0.1) is 11.3 Å². The van der Waals surface area contributed by atoms with Gasteiger partial charge in [0.2, 0.25) is 0 Å². The molecule has 5 heteroatoms. The third-order valence-electron chi connectivity index (χ3n) is 12.7. The summed E-state index contributed by atoms with van der Waals surface area (Å²) in [5.41, 5.74) is 10.5. The summed E-state index contributed by atoms with van der Waals surface area (Å²) in [6, 6.07) is 73.1. The molecule has 5 nitrogen and oxygen atoms in total. The van der Waals surface area contributed by atoms with Crippen LogP contribution in [0.1, 0.15) is 5.56 Å². The molecule has 0 saturated heterocycles. The van der Waals surface area contributed by atoms with Crippen molar-refractivity contribution < 1.29 is 0 Å². The minimum atomic E-state index is 0.547. The van der Waals surface area contributed by atoms with Crippen LogP contribution in [0.2, 0.25) is 0 Å². The summed E-state index contributed by atoms with van der Waals surface area (Å²) in [6.45, 7) is 0. The summed E-state index contributed by atoms with van der Waals surface area (Å²) < 4.78 is 4.61. The van der Waals surface area contributed by atoms with Gasteiger partial charge < -0.3 is 9.13 Å². The van der Waals surface area contributed by atoms with Crippen molar-refractivity contribution in [2.24, 2.45) is 0 Å². The molecule has 0 unspecified atom stereocenters. The molecule has 3 aromatic heterocycles. The zero-order valence-corrected chi connectivity index (χ0v) is 33.3. The number of fused-ring (bicyclic) bond motifs is 12. The second kappa shape index (κ2) is 13.2. The van der Waals surface area contributed by atoms with Crippen molar-refractivity contribution in [3.63, 3.8) is 0 Å². The van der Waals surface area contributed by atoms with E-state index in [2.05, 4.69) is 191 Å². The molecular weight excluding hydrogens is 755 g/mol. The van der Waals surface area contributed by atoms with Crippen LogP contribution in [0.25, 0.3) is 121 Å². The maximum Gasteiger partial charge on any atom is 0.160 e. The summed E-state index contributed by atoms with van der Waals surface area (Å²) in [5.74, 6) is 0.572. The van der Waals surface area contributed by atoms with E-state index in [9.17, 15) is 5.26 Å². The van der Waals surface area contributed by atoms with Crippen LogP contribution in [0.15, 0.2) is 200 Å². The van der Waals surface area contributed by atoms with E-state index in [1.165, 1.54) is 48.7 Å². The van der Waals surface area contributed by atoms with Crippen molar-refractivity contribution >= 4 is 86.8 Å². The smallest absolute Gasteiger partial charge is 0.160 e. The lowest BCUT2D eigenvalue weighted by atomic mass is 9.98. The van der Waals surface area contributed by atoms with Crippen molar-refractivity contribution in [1.82, 2.24) is 19.1 Å². The summed E-state index contributed by atoms with van der Waals surface area (Å²) in [5, 5.41) is 23.7. The molecule has 0 aliphatic carbocycles. The molecule has 0 radical (unpaired) electrons. The van der Waals surface area contributed by atoms with Gasteiger partial charge in [-0.05, 0) is 105 Å². The van der Waals surface area contributed by atoms with Gasteiger partial charge >= 0.3 is 0 Å². The van der Waals surface area contributed by atoms with Gasteiger partial charge in [-0.1, -0.05) is 127 Å². The van der Waals surface area contributed by atoms with E-state index >= 15 is 0 Å². The largest absolute Gasteiger partial charge is 0.309 e. The molecule has 0 N–H and O–H groups in total. The van der Waals surface area contributed by atoms with E-state index in [4.69, 9.17) is 9.97 Å². The normalized spacial score (nSPS) is 11.9. The van der Waals surface area contributed by atoms with Gasteiger partial charge in [-0.3, -0.25) is 0 Å². The van der Waals surface area contributed by atoms with Crippen molar-refractivity contribution in [3.8, 4) is 40.1 Å². The zero-order valence-electron chi connectivity index (χ0n) is 33.3. The minimum absolute atomic E-state index is 0.547. The molecule has 286 valence electrons. The van der Waals surface area contributed by atoms with Crippen LogP contribution in [-0.2, 0) is 0 Å². The Kier molecular flexibility index (Phi) is 7.30. The van der Waals surface area contributed by atoms with Gasteiger partial charge in [0, 0.05) is 43.7 Å². The third kappa shape index (κ3) is 5.01. The highest BCUT2D eigenvalue weighted by Gasteiger charge is 2.21. The molecule has 13 rings (SSSR count). The average Bonchev–Trinajstić information content (AvgIpc) is 3.85. The molecule has 13 aromatic rings. The maximum atomic E-state index is 10.9. The molecule has 0 aliphatic heterocycles. The first-order valence-electron chi connectivity index (χ1n) is 20.9. The summed E-state index contributed by atoms with van der Waals surface area (Å²) >= 11 is 0. The fourth-order valence-electron chi connectivity index (χ4n) is 9.92. The SMILES string of the molecule is N#Cc1cc(-c2nc(-c3ccc4c(ccc5c4c4ccccc4n5-c4ccccc4)c3)c3ccccc3n2)ccc1-n1c2cc3ccccc3cc2c2c3ccccc3ccc21. The van der Waals surface area contributed by atoms with Gasteiger partial charge in [0.05, 0.1) is 44.5 Å². The summed E-state index contributed by atoms with van der Waals surface area (Å²) in [6.07, 6.45) is 0. The average molecular weight is 788 g/mol. The van der Waals surface area contributed by atoms with Crippen LogP contribution < -0.4 is 0 Å². The molecule has 0 atom stereocenters. The molecule has 0 aliphatic rings. The lowest BCUT2D eigenvalue weighted by Crippen LogP contribution is -2.00. The van der Waals surface area contributed by atoms with Crippen LogP contribution in [-0.4, -0.2) is 19.1 Å². The quantitative estimate of drug-likeness (QED) is 0.178. The highest BCUT2D eigenvalue weighted by molar-refractivity contribution is 6.24. The Morgan fingerprint density at radius 3 is 1.87 bits per heavy atom. The summed E-state index contributed by atoms with van der Waals surface area (Å²) in [4.78, 5) is 10.4. The van der Waals surface area contributed by atoms with Gasteiger partial charge in [0.1, 0.15) is 6.07 Å². The van der Waals surface area contributed by atoms with Gasteiger partial charge in [-0.2, -0.15) is 5.26 Å². The van der Waals surface area contributed by atoms with Crippen molar-refractivity contribution in [2.45, 2.75) is 0 Å².